The van der Waals surface area contributed by atoms with Crippen LogP contribution in [0.15, 0.2) is 42.5 Å². The number of benzene rings is 2. The summed E-state index contributed by atoms with van der Waals surface area (Å²) in [5.41, 5.74) is 2.44. The van der Waals surface area contributed by atoms with E-state index in [0.717, 1.165) is 11.1 Å². The number of nitro benzene ring substituents is 1. The average Bonchev–Trinajstić information content (AvgIpc) is 2.43. The second-order valence-electron chi connectivity index (χ2n) is 5.05. The summed E-state index contributed by atoms with van der Waals surface area (Å²) in [7, 11) is -3.65. The zero-order valence-corrected chi connectivity index (χ0v) is 13.1. The van der Waals surface area contributed by atoms with Gasteiger partial charge in [0.15, 0.2) is 0 Å². The molecule has 0 saturated heterocycles. The lowest BCUT2D eigenvalue weighted by atomic mass is 10.1. The van der Waals surface area contributed by atoms with Gasteiger partial charge in [-0.15, -0.1) is 0 Å². The van der Waals surface area contributed by atoms with Crippen LogP contribution >= 0.6 is 0 Å². The Bertz CT molecular complexity index is 796. The number of nitrogens with one attached hydrogen (secondary N) is 1. The van der Waals surface area contributed by atoms with Crippen molar-refractivity contribution in [2.75, 3.05) is 4.72 Å². The number of hydrogen-bond donors (Lipinski definition) is 1. The van der Waals surface area contributed by atoms with E-state index in [2.05, 4.69) is 4.72 Å². The first kappa shape index (κ1) is 16.0. The van der Waals surface area contributed by atoms with E-state index in [1.807, 2.05) is 32.0 Å². The van der Waals surface area contributed by atoms with Crippen LogP contribution in [0.2, 0.25) is 0 Å². The fraction of sp³-hybridized carbons (Fsp3) is 0.200. The van der Waals surface area contributed by atoms with Crippen molar-refractivity contribution in [3.8, 4) is 0 Å². The molecule has 0 fully saturated rings. The first-order chi connectivity index (χ1) is 10.3. The number of non-ortho nitro benzene ring substituents is 1. The second kappa shape index (κ2) is 6.15. The minimum absolute atomic E-state index is 0.125. The van der Waals surface area contributed by atoms with E-state index in [-0.39, 0.29) is 11.4 Å². The van der Waals surface area contributed by atoms with E-state index in [1.54, 1.807) is 6.07 Å². The molecule has 1 N–H and O–H groups in total. The fourth-order valence-corrected chi connectivity index (χ4v) is 3.47. The summed E-state index contributed by atoms with van der Waals surface area (Å²) in [5.74, 6) is -0.317. The first-order valence-corrected chi connectivity index (χ1v) is 8.24. The topological polar surface area (TPSA) is 89.3 Å². The number of para-hydroxylation sites is 1. The molecule has 116 valence electrons. The number of anilines is 1. The zero-order valence-electron chi connectivity index (χ0n) is 12.2. The number of nitro groups is 1. The molecule has 0 heterocycles. The van der Waals surface area contributed by atoms with Gasteiger partial charge >= 0.3 is 0 Å². The Morgan fingerprint density at radius 3 is 2.27 bits per heavy atom. The molecule has 2 aromatic carbocycles. The van der Waals surface area contributed by atoms with Crippen molar-refractivity contribution in [1.29, 1.82) is 0 Å². The Morgan fingerprint density at radius 1 is 1.09 bits per heavy atom. The van der Waals surface area contributed by atoms with Crippen LogP contribution in [0.4, 0.5) is 11.4 Å². The molecule has 0 saturated carbocycles. The van der Waals surface area contributed by atoms with Crippen LogP contribution < -0.4 is 4.72 Å². The van der Waals surface area contributed by atoms with Gasteiger partial charge in [-0.3, -0.25) is 14.8 Å². The lowest BCUT2D eigenvalue weighted by Crippen LogP contribution is -2.16. The number of nitrogens with zero attached hydrogens (tertiary/aromatic N) is 1. The maximum absolute atomic E-state index is 12.3. The van der Waals surface area contributed by atoms with Crippen molar-refractivity contribution in [2.24, 2.45) is 0 Å². The monoisotopic (exact) mass is 320 g/mol. The molecule has 0 amide bonds. The number of rotatable bonds is 5. The normalized spacial score (nSPS) is 11.2. The van der Waals surface area contributed by atoms with Crippen molar-refractivity contribution < 1.29 is 13.3 Å². The van der Waals surface area contributed by atoms with Gasteiger partial charge in [-0.2, -0.15) is 0 Å². The molecule has 0 unspecified atom stereocenters. The van der Waals surface area contributed by atoms with Crippen LogP contribution in [0.1, 0.15) is 16.7 Å². The average molecular weight is 320 g/mol. The molecule has 0 radical (unpaired) electrons. The largest absolute Gasteiger partial charge is 0.283 e. The third kappa shape index (κ3) is 3.82. The molecule has 0 atom stereocenters. The SMILES string of the molecule is Cc1cccc(C)c1NS(=O)(=O)Cc1cccc([N+](=O)[O-])c1. The highest BCUT2D eigenvalue weighted by Crippen LogP contribution is 2.22. The summed E-state index contributed by atoms with van der Waals surface area (Å²) in [6, 6.07) is 11.1. The lowest BCUT2D eigenvalue weighted by molar-refractivity contribution is -0.384. The zero-order chi connectivity index (χ0) is 16.3. The van der Waals surface area contributed by atoms with Gasteiger partial charge in [-0.25, -0.2) is 8.42 Å². The maximum Gasteiger partial charge on any atom is 0.269 e. The van der Waals surface area contributed by atoms with Gasteiger partial charge in [0.05, 0.1) is 16.4 Å². The number of hydrogen-bond acceptors (Lipinski definition) is 4. The predicted octanol–water partition coefficient (Wildman–Crippen LogP) is 3.15. The van der Waals surface area contributed by atoms with Gasteiger partial charge in [0.2, 0.25) is 10.0 Å². The van der Waals surface area contributed by atoms with E-state index in [1.165, 1.54) is 18.2 Å². The van der Waals surface area contributed by atoms with Crippen LogP contribution in [0, 0.1) is 24.0 Å². The van der Waals surface area contributed by atoms with Gasteiger partial charge in [-0.1, -0.05) is 30.3 Å². The van der Waals surface area contributed by atoms with Crippen LogP contribution in [0.25, 0.3) is 0 Å². The van der Waals surface area contributed by atoms with E-state index in [9.17, 15) is 18.5 Å². The number of sulfonamides is 1. The lowest BCUT2D eigenvalue weighted by Gasteiger charge is -2.13. The Labute approximate surface area is 129 Å². The predicted molar refractivity (Wildman–Crippen MR) is 85.3 cm³/mol. The van der Waals surface area contributed by atoms with E-state index in [0.29, 0.717) is 11.3 Å². The molecule has 0 aromatic heterocycles. The Morgan fingerprint density at radius 2 is 1.68 bits per heavy atom. The highest BCUT2D eigenvalue weighted by molar-refractivity contribution is 7.91. The first-order valence-electron chi connectivity index (χ1n) is 6.58. The summed E-state index contributed by atoms with van der Waals surface area (Å²) in [6.45, 7) is 3.64. The van der Waals surface area contributed by atoms with Crippen molar-refractivity contribution in [1.82, 2.24) is 0 Å². The van der Waals surface area contributed by atoms with Crippen molar-refractivity contribution in [3.63, 3.8) is 0 Å². The van der Waals surface area contributed by atoms with Crippen molar-refractivity contribution >= 4 is 21.4 Å². The molecule has 7 heteroatoms. The highest BCUT2D eigenvalue weighted by atomic mass is 32.2. The second-order valence-corrected chi connectivity index (χ2v) is 6.78. The molecule has 0 aliphatic carbocycles. The fourth-order valence-electron chi connectivity index (χ4n) is 2.15. The smallest absolute Gasteiger partial charge is 0.269 e. The molecule has 0 bridgehead atoms. The summed E-state index contributed by atoms with van der Waals surface area (Å²) < 4.78 is 27.1. The third-order valence-corrected chi connectivity index (χ3v) is 4.45. The molecule has 0 aliphatic rings. The van der Waals surface area contributed by atoms with Gasteiger partial charge in [-0.05, 0) is 30.5 Å². The molecule has 2 rings (SSSR count). The molecule has 0 aliphatic heterocycles. The molecule has 22 heavy (non-hydrogen) atoms. The van der Waals surface area contributed by atoms with Crippen LogP contribution in [0.5, 0.6) is 0 Å². The Kier molecular flexibility index (Phi) is 4.46. The standard InChI is InChI=1S/C15H16N2O4S/c1-11-5-3-6-12(2)15(11)16-22(20,21)10-13-7-4-8-14(9-13)17(18)19/h3-9,16H,10H2,1-2H3. The number of aryl methyl sites for hydroxylation is 2. The van der Waals surface area contributed by atoms with Crippen LogP contribution in [0.3, 0.4) is 0 Å². The summed E-state index contributed by atoms with van der Waals surface area (Å²) in [5, 5.41) is 10.7. The van der Waals surface area contributed by atoms with Gasteiger partial charge < -0.3 is 0 Å². The van der Waals surface area contributed by atoms with E-state index in [4.69, 9.17) is 0 Å². The maximum atomic E-state index is 12.3. The van der Waals surface area contributed by atoms with Crippen LogP contribution in [-0.2, 0) is 15.8 Å². The third-order valence-electron chi connectivity index (χ3n) is 3.22. The van der Waals surface area contributed by atoms with E-state index < -0.39 is 14.9 Å². The summed E-state index contributed by atoms with van der Waals surface area (Å²) in [6.07, 6.45) is 0. The Hall–Kier alpha value is -2.41. The summed E-state index contributed by atoms with van der Waals surface area (Å²) in [4.78, 5) is 10.2. The molecule has 6 nitrogen and oxygen atoms in total. The van der Waals surface area contributed by atoms with Gasteiger partial charge in [0.25, 0.3) is 5.69 Å². The quantitative estimate of drug-likeness (QED) is 0.677. The minimum Gasteiger partial charge on any atom is -0.283 e. The van der Waals surface area contributed by atoms with Gasteiger partial charge in [0, 0.05) is 12.1 Å². The van der Waals surface area contributed by atoms with E-state index >= 15 is 0 Å². The van der Waals surface area contributed by atoms with Crippen LogP contribution in [-0.4, -0.2) is 13.3 Å². The minimum atomic E-state index is -3.65. The van der Waals surface area contributed by atoms with Crippen molar-refractivity contribution in [3.05, 3.63) is 69.3 Å². The molecule has 2 aromatic rings. The van der Waals surface area contributed by atoms with Gasteiger partial charge in [0.1, 0.15) is 0 Å². The molecular formula is C15H16N2O4S. The highest BCUT2D eigenvalue weighted by Gasteiger charge is 2.16. The Balaban J connectivity index is 2.25. The van der Waals surface area contributed by atoms with Crippen molar-refractivity contribution in [2.45, 2.75) is 19.6 Å². The molecule has 0 spiro atoms. The summed E-state index contributed by atoms with van der Waals surface area (Å²) >= 11 is 0. The molecular weight excluding hydrogens is 304 g/mol.